The lowest BCUT2D eigenvalue weighted by Crippen LogP contribution is -2.35. The third kappa shape index (κ3) is 4.12. The minimum Gasteiger partial charge on any atom is -0.268 e. The van der Waals surface area contributed by atoms with Crippen LogP contribution in [-0.2, 0) is 11.8 Å². The summed E-state index contributed by atoms with van der Waals surface area (Å²) in [5.74, 6) is 0. The lowest BCUT2D eigenvalue weighted by Gasteiger charge is -2.43. The molecule has 2 nitrogen and oxygen atoms in total. The molecule has 0 unspecified atom stereocenters. The molecule has 0 heterocycles. The lowest BCUT2D eigenvalue weighted by molar-refractivity contribution is 0.500. The topological polar surface area (TPSA) is 6.48 Å². The molecule has 0 aromatic heterocycles. The molecule has 0 saturated heterocycles. The quantitative estimate of drug-likeness (QED) is 0.724. The molecule has 0 bridgehead atoms. The Morgan fingerprint density at radius 3 is 1.28 bits per heavy atom. The Bertz CT molecular complexity index is 332. The van der Waals surface area contributed by atoms with Gasteiger partial charge in [0.25, 0.3) is 0 Å². The van der Waals surface area contributed by atoms with Gasteiger partial charge in [-0.05, 0) is 46.4 Å². The molecular formula is C13H30N2P2S. The van der Waals surface area contributed by atoms with E-state index in [2.05, 4.69) is 79.5 Å². The molecule has 0 N–H and O–H groups in total. The summed E-state index contributed by atoms with van der Waals surface area (Å²) in [6.07, 6.45) is 0. The molecule has 0 radical (unpaired) electrons. The largest absolute Gasteiger partial charge is 0.268 e. The van der Waals surface area contributed by atoms with Crippen LogP contribution in [0.1, 0.15) is 41.5 Å². The van der Waals surface area contributed by atoms with Gasteiger partial charge in [0.1, 0.15) is 0 Å². The van der Waals surface area contributed by atoms with E-state index in [1.165, 1.54) is 13.4 Å². The average Bonchev–Trinajstić information content (AvgIpc) is 2.08. The first-order valence-corrected chi connectivity index (χ1v) is 10.7. The fourth-order valence-electron chi connectivity index (χ4n) is 2.01. The molecule has 0 aromatic carbocycles. The Kier molecular flexibility index (Phi) is 6.27. The molecule has 108 valence electrons. The standard InChI is InChI=1S/C13H30N2P2S/c1-12(2,3)17(18,13(4,5)6)16-11(14(7)8)15(9)10/h1-10H3. The Balaban J connectivity index is 5.96. The van der Waals surface area contributed by atoms with Crippen molar-refractivity contribution in [3.63, 3.8) is 0 Å². The summed E-state index contributed by atoms with van der Waals surface area (Å²) in [6.45, 7) is 13.8. The van der Waals surface area contributed by atoms with Gasteiger partial charge < -0.3 is 0 Å². The van der Waals surface area contributed by atoms with E-state index in [1.54, 1.807) is 0 Å². The molecule has 0 amide bonds. The molecule has 0 atom stereocenters. The van der Waals surface area contributed by atoms with Gasteiger partial charge >= 0.3 is 0 Å². The summed E-state index contributed by atoms with van der Waals surface area (Å²) in [4.78, 5) is 4.39. The third-order valence-electron chi connectivity index (χ3n) is 2.85. The van der Waals surface area contributed by atoms with Gasteiger partial charge in [-0.15, -0.1) is 0 Å². The van der Waals surface area contributed by atoms with Gasteiger partial charge in [-0.1, -0.05) is 53.3 Å². The van der Waals surface area contributed by atoms with E-state index in [1.807, 2.05) is 0 Å². The van der Waals surface area contributed by atoms with Gasteiger partial charge in [-0.25, -0.2) is 0 Å². The molecule has 0 spiro atoms. The van der Waals surface area contributed by atoms with Crippen LogP contribution in [0, 0.1) is 0 Å². The van der Waals surface area contributed by atoms with E-state index in [9.17, 15) is 0 Å². The van der Waals surface area contributed by atoms with Crippen molar-refractivity contribution < 1.29 is 0 Å². The van der Waals surface area contributed by atoms with E-state index in [4.69, 9.17) is 11.8 Å². The van der Waals surface area contributed by atoms with Crippen LogP contribution in [0.5, 0.6) is 0 Å². The summed E-state index contributed by atoms with van der Waals surface area (Å²) in [5, 5.41) is 0.360. The zero-order valence-electron chi connectivity index (χ0n) is 13.7. The van der Waals surface area contributed by atoms with Gasteiger partial charge in [0, 0.05) is 5.73 Å². The van der Waals surface area contributed by atoms with Crippen molar-refractivity contribution >= 4 is 31.0 Å². The Labute approximate surface area is 121 Å². The second-order valence-electron chi connectivity index (χ2n) is 7.11. The number of nitrogens with zero attached hydrogens (tertiary/aromatic N) is 2. The second kappa shape index (κ2) is 6.02. The monoisotopic (exact) mass is 308 g/mol. The average molecular weight is 308 g/mol. The van der Waals surface area contributed by atoms with Crippen LogP contribution < -0.4 is 0 Å². The van der Waals surface area contributed by atoms with E-state index in [0.717, 1.165) is 0 Å². The van der Waals surface area contributed by atoms with Crippen molar-refractivity contribution in [1.82, 2.24) is 9.80 Å². The number of hydrogen-bond donors (Lipinski definition) is 0. The first kappa shape index (κ1) is 18.7. The summed E-state index contributed by atoms with van der Waals surface area (Å²) in [5.41, 5.74) is -0.257. The summed E-state index contributed by atoms with van der Waals surface area (Å²) >= 11 is 6.22. The highest BCUT2D eigenvalue weighted by Gasteiger charge is 2.41. The van der Waals surface area contributed by atoms with Crippen LogP contribution in [0.3, 0.4) is 0 Å². The van der Waals surface area contributed by atoms with E-state index >= 15 is 0 Å². The number of rotatable bonds is 3. The molecule has 0 aromatic rings. The van der Waals surface area contributed by atoms with Gasteiger partial charge in [-0.3, -0.25) is 9.80 Å². The molecule has 18 heavy (non-hydrogen) atoms. The summed E-state index contributed by atoms with van der Waals surface area (Å²) in [7, 11) is 9.74. The van der Waals surface area contributed by atoms with Crippen LogP contribution >= 0.6 is 13.6 Å². The molecule has 0 aliphatic carbocycles. The molecule has 5 heteroatoms. The zero-order chi connectivity index (χ0) is 14.9. The van der Waals surface area contributed by atoms with Crippen LogP contribution in [0.4, 0.5) is 0 Å². The zero-order valence-corrected chi connectivity index (χ0v) is 16.3. The third-order valence-corrected chi connectivity index (χ3v) is 16.7. The minimum absolute atomic E-state index is 0.180. The van der Waals surface area contributed by atoms with Crippen LogP contribution in [0.25, 0.3) is 0 Å². The summed E-state index contributed by atoms with van der Waals surface area (Å²) < 4.78 is 0. The Morgan fingerprint density at radius 1 is 0.833 bits per heavy atom. The fourth-order valence-corrected chi connectivity index (χ4v) is 9.52. The van der Waals surface area contributed by atoms with Crippen molar-refractivity contribution in [3.8, 4) is 0 Å². The molecule has 0 aliphatic rings. The van der Waals surface area contributed by atoms with Gasteiger partial charge in [0.2, 0.25) is 0 Å². The molecule has 0 aliphatic heterocycles. The SMILES string of the molecule is CN(C)C(=PP(=S)(C(C)(C)C)C(C)(C)C)N(C)C. The molecular weight excluding hydrogens is 278 g/mol. The highest BCUT2D eigenvalue weighted by atomic mass is 32.6. The van der Waals surface area contributed by atoms with E-state index in [-0.39, 0.29) is 10.3 Å². The highest BCUT2D eigenvalue weighted by Crippen LogP contribution is 2.76. The second-order valence-corrected chi connectivity index (χ2v) is 16.4. The first-order chi connectivity index (χ1) is 7.74. The normalized spacial score (nSPS) is 14.7. The van der Waals surface area contributed by atoms with Gasteiger partial charge in [0.05, 0.1) is 5.54 Å². The van der Waals surface area contributed by atoms with E-state index in [0.29, 0.717) is 0 Å². The minimum atomic E-state index is -1.57. The highest BCUT2D eigenvalue weighted by molar-refractivity contribution is 8.47. The first-order valence-electron chi connectivity index (χ1n) is 6.29. The Morgan fingerprint density at radius 2 is 1.11 bits per heavy atom. The van der Waals surface area contributed by atoms with E-state index < -0.39 is 5.73 Å². The smallest absolute Gasteiger partial charge is 0.0907 e. The number of hydrogen-bond acceptors (Lipinski definition) is 1. The molecule has 0 fully saturated rings. The van der Waals surface area contributed by atoms with Crippen LogP contribution in [0.15, 0.2) is 0 Å². The van der Waals surface area contributed by atoms with Crippen molar-refractivity contribution in [3.05, 3.63) is 0 Å². The summed E-state index contributed by atoms with van der Waals surface area (Å²) in [6, 6.07) is 0. The Hall–Kier alpha value is 0.740. The van der Waals surface area contributed by atoms with Crippen molar-refractivity contribution in [1.29, 1.82) is 0 Å². The predicted molar refractivity (Wildman–Crippen MR) is 93.1 cm³/mol. The van der Waals surface area contributed by atoms with Gasteiger partial charge in [-0.2, -0.15) is 0 Å². The lowest BCUT2D eigenvalue weighted by atomic mass is 10.2. The molecule has 0 rings (SSSR count). The fraction of sp³-hybridized carbons (Fsp3) is 0.923. The van der Waals surface area contributed by atoms with Crippen molar-refractivity contribution in [2.75, 3.05) is 28.2 Å². The van der Waals surface area contributed by atoms with Crippen LogP contribution in [0.2, 0.25) is 0 Å². The molecule has 0 saturated carbocycles. The predicted octanol–water partition coefficient (Wildman–Crippen LogP) is 4.13. The van der Waals surface area contributed by atoms with Crippen LogP contribution in [-0.4, -0.2) is 53.8 Å². The van der Waals surface area contributed by atoms with Crippen molar-refractivity contribution in [2.24, 2.45) is 0 Å². The maximum absolute atomic E-state index is 6.22. The maximum atomic E-state index is 6.22. The maximum Gasteiger partial charge on any atom is 0.0907 e. The van der Waals surface area contributed by atoms with Gasteiger partial charge in [0.15, 0.2) is 0 Å². The van der Waals surface area contributed by atoms with Crippen molar-refractivity contribution in [2.45, 2.75) is 51.9 Å².